The fourth-order valence-electron chi connectivity index (χ4n) is 3.79. The van der Waals surface area contributed by atoms with Crippen LogP contribution in [0.2, 0.25) is 5.02 Å². The standard InChI is InChI=1S/C26H27ClN4O4S/c1-17-6-8-19(27)25-23(17)29-26(36-25)31(12-5-11-30-13-10-28-16-30)22(32)9-7-18-14-20(33-2)24(35-4)21(15-18)34-3/h6-10,13-16H,5,11-12H2,1-4H3/b9-7+. The first kappa shape index (κ1) is 25.5. The molecule has 0 aliphatic carbocycles. The van der Waals surface area contributed by atoms with Gasteiger partial charge < -0.3 is 18.8 Å². The summed E-state index contributed by atoms with van der Waals surface area (Å²) < 4.78 is 19.1. The van der Waals surface area contributed by atoms with Crippen molar-refractivity contribution in [3.8, 4) is 17.2 Å². The summed E-state index contributed by atoms with van der Waals surface area (Å²) in [6.45, 7) is 3.19. The largest absolute Gasteiger partial charge is 0.493 e. The Hall–Kier alpha value is -3.56. The Balaban J connectivity index is 1.64. The number of methoxy groups -OCH3 is 3. The molecular formula is C26H27ClN4O4S. The lowest BCUT2D eigenvalue weighted by molar-refractivity contribution is -0.114. The van der Waals surface area contributed by atoms with Gasteiger partial charge in [-0.15, -0.1) is 0 Å². The monoisotopic (exact) mass is 526 g/mol. The van der Waals surface area contributed by atoms with E-state index >= 15 is 0 Å². The topological polar surface area (TPSA) is 78.7 Å². The molecule has 2 aromatic heterocycles. The summed E-state index contributed by atoms with van der Waals surface area (Å²) in [6, 6.07) is 7.37. The minimum Gasteiger partial charge on any atom is -0.493 e. The first-order valence-electron chi connectivity index (χ1n) is 11.3. The van der Waals surface area contributed by atoms with Gasteiger partial charge in [0, 0.05) is 31.6 Å². The Kier molecular flexibility index (Phi) is 8.12. The summed E-state index contributed by atoms with van der Waals surface area (Å²) >= 11 is 7.84. The summed E-state index contributed by atoms with van der Waals surface area (Å²) in [5, 5.41) is 1.23. The molecule has 0 radical (unpaired) electrons. The zero-order valence-corrected chi connectivity index (χ0v) is 22.1. The molecule has 4 aromatic rings. The maximum atomic E-state index is 13.5. The van der Waals surface area contributed by atoms with E-state index in [1.54, 1.807) is 57.0 Å². The highest BCUT2D eigenvalue weighted by Crippen LogP contribution is 2.39. The van der Waals surface area contributed by atoms with E-state index in [0.29, 0.717) is 33.9 Å². The predicted octanol–water partition coefficient (Wildman–Crippen LogP) is 5.62. The number of carbonyl (C=O) groups is 1. The van der Waals surface area contributed by atoms with Gasteiger partial charge in [0.15, 0.2) is 16.6 Å². The molecule has 10 heteroatoms. The number of fused-ring (bicyclic) bond motifs is 1. The number of anilines is 1. The Morgan fingerprint density at radius 2 is 1.92 bits per heavy atom. The number of rotatable bonds is 10. The van der Waals surface area contributed by atoms with Gasteiger partial charge in [0.1, 0.15) is 0 Å². The molecule has 0 spiro atoms. The molecule has 0 aliphatic heterocycles. The quantitative estimate of drug-likeness (QED) is 0.250. The smallest absolute Gasteiger partial charge is 0.252 e. The second-order valence-corrected chi connectivity index (χ2v) is 9.36. The van der Waals surface area contributed by atoms with Crippen LogP contribution in [0.1, 0.15) is 17.5 Å². The maximum absolute atomic E-state index is 13.5. The van der Waals surface area contributed by atoms with E-state index in [1.165, 1.54) is 17.4 Å². The van der Waals surface area contributed by atoms with E-state index in [1.807, 2.05) is 29.8 Å². The van der Waals surface area contributed by atoms with E-state index in [9.17, 15) is 4.79 Å². The lowest BCUT2D eigenvalue weighted by Gasteiger charge is -2.18. The van der Waals surface area contributed by atoms with Crippen molar-refractivity contribution in [2.75, 3.05) is 32.8 Å². The molecule has 0 N–H and O–H groups in total. The van der Waals surface area contributed by atoms with Gasteiger partial charge in [0.25, 0.3) is 5.91 Å². The number of carbonyl (C=O) groups excluding carboxylic acids is 1. The highest BCUT2D eigenvalue weighted by molar-refractivity contribution is 7.23. The van der Waals surface area contributed by atoms with Gasteiger partial charge in [-0.25, -0.2) is 9.97 Å². The van der Waals surface area contributed by atoms with Crippen LogP contribution in [0.5, 0.6) is 17.2 Å². The summed E-state index contributed by atoms with van der Waals surface area (Å²) in [7, 11) is 4.66. The Labute approximate surface area is 218 Å². The summed E-state index contributed by atoms with van der Waals surface area (Å²) in [5.74, 6) is 1.32. The number of nitrogens with zero attached hydrogens (tertiary/aromatic N) is 4. The molecule has 0 saturated carbocycles. The van der Waals surface area contributed by atoms with Gasteiger partial charge >= 0.3 is 0 Å². The van der Waals surface area contributed by atoms with Gasteiger partial charge in [-0.3, -0.25) is 9.69 Å². The number of thiazole rings is 1. The van der Waals surface area contributed by atoms with E-state index in [0.717, 1.165) is 34.3 Å². The van der Waals surface area contributed by atoms with Crippen LogP contribution in [0, 0.1) is 6.92 Å². The molecule has 2 heterocycles. The van der Waals surface area contributed by atoms with Gasteiger partial charge in [0.2, 0.25) is 5.75 Å². The van der Waals surface area contributed by atoms with Gasteiger partial charge in [-0.2, -0.15) is 0 Å². The Morgan fingerprint density at radius 1 is 1.17 bits per heavy atom. The molecule has 0 aliphatic rings. The van der Waals surface area contributed by atoms with Crippen molar-refractivity contribution in [2.45, 2.75) is 19.9 Å². The molecule has 0 unspecified atom stereocenters. The number of imidazole rings is 1. The van der Waals surface area contributed by atoms with Crippen LogP contribution in [0.3, 0.4) is 0 Å². The van der Waals surface area contributed by atoms with Gasteiger partial charge in [-0.05, 0) is 48.7 Å². The number of ether oxygens (including phenoxy) is 3. The summed E-state index contributed by atoms with van der Waals surface area (Å²) in [4.78, 5) is 24.0. The normalized spacial score (nSPS) is 11.2. The fraction of sp³-hybridized carbons (Fsp3) is 0.269. The van der Waals surface area contributed by atoms with E-state index in [4.69, 9.17) is 30.8 Å². The molecule has 4 rings (SSSR count). The molecule has 0 fully saturated rings. The van der Waals surface area contributed by atoms with Crippen LogP contribution in [0.25, 0.3) is 16.3 Å². The van der Waals surface area contributed by atoms with Crippen molar-refractivity contribution in [1.82, 2.24) is 14.5 Å². The maximum Gasteiger partial charge on any atom is 0.252 e. The molecule has 8 nitrogen and oxygen atoms in total. The molecule has 0 saturated heterocycles. The molecule has 188 valence electrons. The Morgan fingerprint density at radius 3 is 2.53 bits per heavy atom. The first-order valence-corrected chi connectivity index (χ1v) is 12.5. The summed E-state index contributed by atoms with van der Waals surface area (Å²) in [5.41, 5.74) is 2.55. The highest BCUT2D eigenvalue weighted by Gasteiger charge is 2.20. The van der Waals surface area contributed by atoms with Crippen LogP contribution >= 0.6 is 22.9 Å². The molecule has 2 aromatic carbocycles. The molecule has 0 bridgehead atoms. The van der Waals surface area contributed by atoms with Crippen LogP contribution in [-0.4, -0.2) is 48.3 Å². The number of amides is 1. The van der Waals surface area contributed by atoms with Crippen molar-refractivity contribution in [1.29, 1.82) is 0 Å². The van der Waals surface area contributed by atoms with Crippen molar-refractivity contribution in [3.63, 3.8) is 0 Å². The predicted molar refractivity (Wildman–Crippen MR) is 144 cm³/mol. The zero-order chi connectivity index (χ0) is 25.7. The number of aryl methyl sites for hydroxylation is 2. The van der Waals surface area contributed by atoms with Crippen LogP contribution in [-0.2, 0) is 11.3 Å². The van der Waals surface area contributed by atoms with Gasteiger partial charge in [-0.1, -0.05) is 29.0 Å². The van der Waals surface area contributed by atoms with Crippen molar-refractivity contribution in [2.24, 2.45) is 0 Å². The summed E-state index contributed by atoms with van der Waals surface area (Å²) in [6.07, 6.45) is 9.37. The molecule has 36 heavy (non-hydrogen) atoms. The lowest BCUT2D eigenvalue weighted by atomic mass is 10.1. The minimum atomic E-state index is -0.192. The second kappa shape index (κ2) is 11.5. The number of benzene rings is 2. The van der Waals surface area contributed by atoms with E-state index < -0.39 is 0 Å². The SMILES string of the molecule is COc1cc(/C=C/C(=O)N(CCCn2ccnc2)c2nc3c(C)ccc(Cl)c3s2)cc(OC)c1OC. The molecule has 1 amide bonds. The first-order chi connectivity index (χ1) is 17.4. The van der Waals surface area contributed by atoms with Crippen LogP contribution in [0.15, 0.2) is 49.1 Å². The van der Waals surface area contributed by atoms with Gasteiger partial charge in [0.05, 0.1) is 42.9 Å². The lowest BCUT2D eigenvalue weighted by Crippen LogP contribution is -2.30. The third-order valence-electron chi connectivity index (χ3n) is 5.65. The number of halogens is 1. The van der Waals surface area contributed by atoms with Crippen LogP contribution in [0.4, 0.5) is 5.13 Å². The number of hydrogen-bond acceptors (Lipinski definition) is 7. The second-order valence-electron chi connectivity index (χ2n) is 7.97. The minimum absolute atomic E-state index is 0.192. The molecular weight excluding hydrogens is 500 g/mol. The third-order valence-corrected chi connectivity index (χ3v) is 7.18. The number of aromatic nitrogens is 3. The third kappa shape index (κ3) is 5.47. The van der Waals surface area contributed by atoms with Crippen LogP contribution < -0.4 is 19.1 Å². The Bertz CT molecular complexity index is 1320. The van der Waals surface area contributed by atoms with Crippen molar-refractivity contribution < 1.29 is 19.0 Å². The fourth-order valence-corrected chi connectivity index (χ4v) is 5.14. The van der Waals surface area contributed by atoms with Crippen molar-refractivity contribution >= 4 is 50.3 Å². The van der Waals surface area contributed by atoms with Crippen molar-refractivity contribution in [3.05, 3.63) is 65.2 Å². The average molecular weight is 527 g/mol. The highest BCUT2D eigenvalue weighted by atomic mass is 35.5. The van der Waals surface area contributed by atoms with E-state index in [2.05, 4.69) is 4.98 Å². The van der Waals surface area contributed by atoms with E-state index in [-0.39, 0.29) is 5.91 Å². The average Bonchev–Trinajstić information content (AvgIpc) is 3.57. The molecule has 0 atom stereocenters. The number of hydrogen-bond donors (Lipinski definition) is 0. The zero-order valence-electron chi connectivity index (χ0n) is 20.5.